The number of nitrogens with one attached hydrogen (secondary N) is 2. The van der Waals surface area contributed by atoms with E-state index in [-0.39, 0.29) is 5.91 Å². The van der Waals surface area contributed by atoms with Crippen molar-refractivity contribution in [3.8, 4) is 0 Å². The lowest BCUT2D eigenvalue weighted by Crippen LogP contribution is -2.42. The summed E-state index contributed by atoms with van der Waals surface area (Å²) in [5, 5.41) is 2.56. The number of hydrogen-bond acceptors (Lipinski definition) is 4. The second kappa shape index (κ2) is 9.92. The van der Waals surface area contributed by atoms with E-state index >= 15 is 0 Å². The van der Waals surface area contributed by atoms with E-state index in [1.165, 1.54) is 13.0 Å². The number of anilines is 1. The van der Waals surface area contributed by atoms with Gasteiger partial charge in [0, 0.05) is 25.2 Å². The summed E-state index contributed by atoms with van der Waals surface area (Å²) >= 11 is 0. The lowest BCUT2D eigenvalue weighted by atomic mass is 10.1. The van der Waals surface area contributed by atoms with E-state index in [1.807, 2.05) is 4.72 Å². The van der Waals surface area contributed by atoms with Gasteiger partial charge in [-0.15, -0.1) is 0 Å². The highest BCUT2D eigenvalue weighted by Crippen LogP contribution is 2.34. The van der Waals surface area contributed by atoms with Gasteiger partial charge in [-0.25, -0.2) is 8.42 Å². The molecule has 0 spiro atoms. The Hall–Kier alpha value is -2.92. The maximum absolute atomic E-state index is 13.2. The number of halogens is 3. The Morgan fingerprint density at radius 1 is 1.12 bits per heavy atom. The van der Waals surface area contributed by atoms with Crippen LogP contribution in [0.2, 0.25) is 0 Å². The molecule has 0 saturated carbocycles. The highest BCUT2D eigenvalue weighted by molar-refractivity contribution is 7.89. The molecular formula is C22H24F3N3O4S. The Bertz CT molecular complexity index is 1140. The number of nitrogens with zero attached hydrogens (tertiary/aromatic N) is 1. The van der Waals surface area contributed by atoms with Gasteiger partial charge in [-0.05, 0) is 49.6 Å². The van der Waals surface area contributed by atoms with Gasteiger partial charge in [0.15, 0.2) is 0 Å². The molecular weight excluding hydrogens is 459 g/mol. The van der Waals surface area contributed by atoms with E-state index in [2.05, 4.69) is 5.32 Å². The van der Waals surface area contributed by atoms with Crippen molar-refractivity contribution in [2.45, 2.75) is 49.8 Å². The molecule has 1 aliphatic heterocycles. The van der Waals surface area contributed by atoms with E-state index in [0.29, 0.717) is 31.3 Å². The molecule has 33 heavy (non-hydrogen) atoms. The fraction of sp³-hybridized carbons (Fsp3) is 0.364. The fourth-order valence-electron chi connectivity index (χ4n) is 3.53. The normalized spacial score (nSPS) is 15.9. The third kappa shape index (κ3) is 6.32. The summed E-state index contributed by atoms with van der Waals surface area (Å²) in [6, 6.07) is 9.17. The van der Waals surface area contributed by atoms with Crippen molar-refractivity contribution in [1.82, 2.24) is 9.62 Å². The molecule has 11 heteroatoms. The quantitative estimate of drug-likeness (QED) is 0.630. The highest BCUT2D eigenvalue weighted by atomic mass is 32.2. The van der Waals surface area contributed by atoms with Crippen LogP contribution < -0.4 is 10.0 Å². The van der Waals surface area contributed by atoms with Crippen LogP contribution in [0.15, 0.2) is 53.4 Å². The van der Waals surface area contributed by atoms with Crippen LogP contribution in [0.1, 0.15) is 37.3 Å². The van der Waals surface area contributed by atoms with Crippen molar-refractivity contribution in [1.29, 1.82) is 0 Å². The number of carbonyl (C=O) groups excluding carboxylic acids is 2. The molecule has 0 radical (unpaired) electrons. The van der Waals surface area contributed by atoms with E-state index in [1.54, 1.807) is 29.2 Å². The van der Waals surface area contributed by atoms with Crippen molar-refractivity contribution in [3.05, 3.63) is 59.7 Å². The topological polar surface area (TPSA) is 95.6 Å². The van der Waals surface area contributed by atoms with Crippen LogP contribution in [0.4, 0.5) is 18.9 Å². The number of sulfonamides is 1. The highest BCUT2D eigenvalue weighted by Gasteiger charge is 2.37. The average molecular weight is 484 g/mol. The van der Waals surface area contributed by atoms with E-state index in [4.69, 9.17) is 0 Å². The molecule has 0 aromatic heterocycles. The number of likely N-dealkylation sites (tertiary alicyclic amines) is 1. The molecule has 2 aromatic carbocycles. The Morgan fingerprint density at radius 3 is 2.55 bits per heavy atom. The summed E-state index contributed by atoms with van der Waals surface area (Å²) in [6.07, 6.45) is -2.57. The summed E-state index contributed by atoms with van der Waals surface area (Å²) in [5.41, 5.74) is -0.149. The van der Waals surface area contributed by atoms with Gasteiger partial charge in [-0.3, -0.25) is 9.59 Å². The zero-order valence-electron chi connectivity index (χ0n) is 17.9. The molecule has 0 bridgehead atoms. The Balaban J connectivity index is 1.68. The molecule has 1 aliphatic rings. The first kappa shape index (κ1) is 24.7. The van der Waals surface area contributed by atoms with Crippen LogP contribution in [-0.2, 0) is 32.3 Å². The summed E-state index contributed by atoms with van der Waals surface area (Å²) in [6.45, 7) is 2.28. The second-order valence-electron chi connectivity index (χ2n) is 7.80. The fourth-order valence-corrected chi connectivity index (χ4v) is 4.96. The number of carbonyl (C=O) groups is 2. The smallest absolute Gasteiger partial charge is 0.338 e. The van der Waals surface area contributed by atoms with Crippen LogP contribution in [0.25, 0.3) is 0 Å². The van der Waals surface area contributed by atoms with Gasteiger partial charge in [0.05, 0.1) is 16.5 Å². The van der Waals surface area contributed by atoms with E-state index in [9.17, 15) is 31.2 Å². The number of benzene rings is 2. The third-order valence-corrected chi connectivity index (χ3v) is 6.80. The van der Waals surface area contributed by atoms with E-state index in [0.717, 1.165) is 30.5 Å². The molecule has 3 rings (SSSR count). The molecule has 2 amide bonds. The van der Waals surface area contributed by atoms with Crippen molar-refractivity contribution in [3.63, 3.8) is 0 Å². The first-order chi connectivity index (χ1) is 15.5. The molecule has 1 heterocycles. The molecule has 1 fully saturated rings. The van der Waals surface area contributed by atoms with Crippen molar-refractivity contribution >= 4 is 27.5 Å². The number of amides is 2. The Morgan fingerprint density at radius 2 is 1.85 bits per heavy atom. The van der Waals surface area contributed by atoms with Crippen LogP contribution in [0, 0.1) is 0 Å². The largest absolute Gasteiger partial charge is 0.417 e. The van der Waals surface area contributed by atoms with Gasteiger partial charge in [0.25, 0.3) is 0 Å². The second-order valence-corrected chi connectivity index (χ2v) is 9.48. The first-order valence-corrected chi connectivity index (χ1v) is 11.8. The van der Waals surface area contributed by atoms with Gasteiger partial charge < -0.3 is 10.2 Å². The number of piperidine rings is 1. The minimum atomic E-state index is -4.87. The molecule has 0 aliphatic carbocycles. The van der Waals surface area contributed by atoms with Crippen LogP contribution in [0.3, 0.4) is 0 Å². The minimum absolute atomic E-state index is 0.0675. The van der Waals surface area contributed by atoms with Gasteiger partial charge in [-0.2, -0.15) is 17.9 Å². The Labute approximate surface area is 190 Å². The number of rotatable bonds is 7. The van der Waals surface area contributed by atoms with Gasteiger partial charge in [-0.1, -0.05) is 24.3 Å². The average Bonchev–Trinajstić information content (AvgIpc) is 2.75. The Kier molecular flexibility index (Phi) is 7.43. The van der Waals surface area contributed by atoms with Crippen LogP contribution >= 0.6 is 0 Å². The first-order valence-electron chi connectivity index (χ1n) is 10.3. The van der Waals surface area contributed by atoms with Crippen molar-refractivity contribution in [2.75, 3.05) is 11.9 Å². The summed E-state index contributed by atoms with van der Waals surface area (Å²) in [5.74, 6) is -0.674. The molecule has 0 unspecified atom stereocenters. The standard InChI is InChI=1S/C22H24F3N3O4S/c1-15(27-33(31,32)19-10-3-2-9-18(19)22(23,24)25)21(30)26-17-8-6-7-16(13-17)14-28-12-5-4-11-20(28)29/h2-3,6-10,13,15,27H,4-5,11-12,14H2,1H3,(H,26,30)/t15-/m0/s1. The molecule has 1 saturated heterocycles. The zero-order valence-corrected chi connectivity index (χ0v) is 18.7. The lowest BCUT2D eigenvalue weighted by molar-refractivity contribution is -0.140. The maximum atomic E-state index is 13.2. The summed E-state index contributed by atoms with van der Waals surface area (Å²) in [7, 11) is -4.62. The number of alkyl halides is 3. The van der Waals surface area contributed by atoms with Crippen LogP contribution in [-0.4, -0.2) is 37.7 Å². The zero-order chi connectivity index (χ0) is 24.2. The maximum Gasteiger partial charge on any atom is 0.417 e. The number of hydrogen-bond donors (Lipinski definition) is 2. The van der Waals surface area contributed by atoms with Crippen molar-refractivity contribution < 1.29 is 31.2 Å². The molecule has 178 valence electrons. The van der Waals surface area contributed by atoms with Gasteiger partial charge in [0.1, 0.15) is 0 Å². The minimum Gasteiger partial charge on any atom is -0.338 e. The third-order valence-electron chi connectivity index (χ3n) is 5.20. The monoisotopic (exact) mass is 483 g/mol. The lowest BCUT2D eigenvalue weighted by Gasteiger charge is -2.27. The molecule has 7 nitrogen and oxygen atoms in total. The predicted molar refractivity (Wildman–Crippen MR) is 116 cm³/mol. The van der Waals surface area contributed by atoms with Gasteiger partial charge in [0.2, 0.25) is 21.8 Å². The van der Waals surface area contributed by atoms with Crippen LogP contribution in [0.5, 0.6) is 0 Å². The molecule has 1 atom stereocenters. The van der Waals surface area contributed by atoms with Gasteiger partial charge >= 0.3 is 6.18 Å². The van der Waals surface area contributed by atoms with Crippen molar-refractivity contribution in [2.24, 2.45) is 0 Å². The van der Waals surface area contributed by atoms with E-state index < -0.39 is 38.6 Å². The summed E-state index contributed by atoms with van der Waals surface area (Å²) in [4.78, 5) is 25.3. The predicted octanol–water partition coefficient (Wildman–Crippen LogP) is 3.52. The molecule has 2 N–H and O–H groups in total. The summed E-state index contributed by atoms with van der Waals surface area (Å²) < 4.78 is 66.7. The SMILES string of the molecule is C[C@H](NS(=O)(=O)c1ccccc1C(F)(F)F)C(=O)Nc1cccc(CN2CCCCC2=O)c1. The molecule has 2 aromatic rings.